The van der Waals surface area contributed by atoms with Crippen molar-refractivity contribution in [2.45, 2.75) is 31.9 Å². The number of rotatable bonds is 1. The lowest BCUT2D eigenvalue weighted by atomic mass is 10.2. The van der Waals surface area contributed by atoms with Gasteiger partial charge in [-0.15, -0.1) is 0 Å². The number of anilines is 2. The van der Waals surface area contributed by atoms with Crippen LogP contribution >= 0.6 is 0 Å². The van der Waals surface area contributed by atoms with Crippen LogP contribution in [-0.2, 0) is 0 Å². The zero-order valence-electron chi connectivity index (χ0n) is 9.19. The van der Waals surface area contributed by atoms with E-state index in [-0.39, 0.29) is 5.82 Å². The van der Waals surface area contributed by atoms with Crippen molar-refractivity contribution in [1.82, 2.24) is 0 Å². The number of aliphatic hydroxyl groups is 1. The molecule has 4 heteroatoms. The number of hydrogen-bond donors (Lipinski definition) is 2. The van der Waals surface area contributed by atoms with E-state index in [9.17, 15) is 9.50 Å². The van der Waals surface area contributed by atoms with Crippen molar-refractivity contribution in [2.24, 2.45) is 0 Å². The highest BCUT2D eigenvalue weighted by Crippen LogP contribution is 2.28. The minimum atomic E-state index is -0.549. The molecule has 88 valence electrons. The van der Waals surface area contributed by atoms with Crippen LogP contribution in [0.5, 0.6) is 0 Å². The van der Waals surface area contributed by atoms with Crippen LogP contribution in [0.2, 0.25) is 0 Å². The van der Waals surface area contributed by atoms with Crippen molar-refractivity contribution >= 4 is 11.4 Å². The van der Waals surface area contributed by atoms with Crippen LogP contribution in [0.25, 0.3) is 0 Å². The minimum Gasteiger partial charge on any atom is -0.397 e. The van der Waals surface area contributed by atoms with Crippen LogP contribution in [0.3, 0.4) is 0 Å². The molecule has 1 aliphatic rings. The summed E-state index contributed by atoms with van der Waals surface area (Å²) in [6.07, 6.45) is 3.28. The van der Waals surface area contributed by atoms with Gasteiger partial charge in [-0.05, 0) is 37.5 Å². The number of benzene rings is 1. The molecule has 1 heterocycles. The van der Waals surface area contributed by atoms with Crippen LogP contribution in [-0.4, -0.2) is 17.9 Å². The number of nitrogens with two attached hydrogens (primary N) is 1. The summed E-state index contributed by atoms with van der Waals surface area (Å²) in [7, 11) is 0. The highest BCUT2D eigenvalue weighted by molar-refractivity contribution is 5.67. The minimum absolute atomic E-state index is 0.319. The van der Waals surface area contributed by atoms with E-state index < -0.39 is 6.23 Å². The van der Waals surface area contributed by atoms with E-state index in [0.29, 0.717) is 11.4 Å². The highest BCUT2D eigenvalue weighted by Gasteiger charge is 2.20. The Bertz CT molecular complexity index is 370. The SMILES string of the molecule is Nc1ccc(F)cc1N1CCCCCC1O. The lowest BCUT2D eigenvalue weighted by Crippen LogP contribution is -2.35. The lowest BCUT2D eigenvalue weighted by Gasteiger charge is -2.29. The third-order valence-electron chi connectivity index (χ3n) is 3.02. The van der Waals surface area contributed by atoms with Crippen molar-refractivity contribution in [3.63, 3.8) is 0 Å². The molecule has 0 aromatic heterocycles. The Morgan fingerprint density at radius 2 is 2.12 bits per heavy atom. The number of hydrogen-bond acceptors (Lipinski definition) is 3. The van der Waals surface area contributed by atoms with Gasteiger partial charge >= 0.3 is 0 Å². The van der Waals surface area contributed by atoms with E-state index in [1.54, 1.807) is 11.0 Å². The Kier molecular flexibility index (Phi) is 3.29. The molecule has 1 fully saturated rings. The monoisotopic (exact) mass is 224 g/mol. The molecule has 0 aliphatic carbocycles. The highest BCUT2D eigenvalue weighted by atomic mass is 19.1. The van der Waals surface area contributed by atoms with Crippen LogP contribution < -0.4 is 10.6 Å². The van der Waals surface area contributed by atoms with Crippen molar-refractivity contribution in [1.29, 1.82) is 0 Å². The summed E-state index contributed by atoms with van der Waals surface area (Å²) in [5.41, 5.74) is 6.94. The third-order valence-corrected chi connectivity index (χ3v) is 3.02. The van der Waals surface area contributed by atoms with Gasteiger partial charge in [0.05, 0.1) is 11.4 Å². The number of halogens is 1. The summed E-state index contributed by atoms with van der Waals surface area (Å²) in [6.45, 7) is 0.731. The first-order valence-electron chi connectivity index (χ1n) is 5.68. The Morgan fingerprint density at radius 1 is 1.31 bits per heavy atom. The number of aliphatic hydroxyl groups excluding tert-OH is 1. The van der Waals surface area contributed by atoms with Gasteiger partial charge < -0.3 is 15.7 Å². The summed E-state index contributed by atoms with van der Waals surface area (Å²) >= 11 is 0. The maximum Gasteiger partial charge on any atom is 0.126 e. The van der Waals surface area contributed by atoms with Crippen LogP contribution in [0.1, 0.15) is 25.7 Å². The Labute approximate surface area is 94.7 Å². The summed E-state index contributed by atoms with van der Waals surface area (Å²) in [5, 5.41) is 9.97. The van der Waals surface area contributed by atoms with Crippen molar-refractivity contribution in [3.05, 3.63) is 24.0 Å². The molecular formula is C12H17FN2O. The summed E-state index contributed by atoms with van der Waals surface area (Å²) in [4.78, 5) is 1.80. The first kappa shape index (κ1) is 11.2. The molecule has 0 bridgehead atoms. The van der Waals surface area contributed by atoms with Gasteiger partial charge in [0.1, 0.15) is 12.0 Å². The van der Waals surface area contributed by atoms with Gasteiger partial charge in [0.15, 0.2) is 0 Å². The third kappa shape index (κ3) is 2.27. The normalized spacial score (nSPS) is 21.9. The molecule has 3 N–H and O–H groups in total. The molecule has 1 aromatic rings. The van der Waals surface area contributed by atoms with E-state index in [1.807, 2.05) is 0 Å². The van der Waals surface area contributed by atoms with Crippen molar-refractivity contribution in [2.75, 3.05) is 17.2 Å². The second-order valence-electron chi connectivity index (χ2n) is 4.23. The Morgan fingerprint density at radius 3 is 2.94 bits per heavy atom. The fourth-order valence-electron chi connectivity index (χ4n) is 2.14. The van der Waals surface area contributed by atoms with E-state index in [1.165, 1.54) is 12.1 Å². The van der Waals surface area contributed by atoms with Gasteiger partial charge in [0.25, 0.3) is 0 Å². The zero-order valence-corrected chi connectivity index (χ0v) is 9.19. The molecule has 2 rings (SSSR count). The average Bonchev–Trinajstić information content (AvgIpc) is 2.47. The lowest BCUT2D eigenvalue weighted by molar-refractivity contribution is 0.163. The maximum absolute atomic E-state index is 13.2. The standard InChI is InChI=1S/C12H17FN2O/c13-9-5-6-10(14)11(8-9)15-7-3-1-2-4-12(15)16/h5-6,8,12,16H,1-4,7,14H2. The molecule has 1 atom stereocenters. The molecule has 1 aromatic carbocycles. The van der Waals surface area contributed by atoms with Crippen LogP contribution in [0, 0.1) is 5.82 Å². The maximum atomic E-state index is 13.2. The average molecular weight is 224 g/mol. The molecule has 0 radical (unpaired) electrons. The second kappa shape index (κ2) is 4.70. The Balaban J connectivity index is 2.29. The predicted octanol–water partition coefficient (Wildman–Crippen LogP) is 2.11. The Hall–Kier alpha value is -1.29. The topological polar surface area (TPSA) is 49.5 Å². The van der Waals surface area contributed by atoms with E-state index in [0.717, 1.165) is 32.2 Å². The zero-order chi connectivity index (χ0) is 11.5. The molecule has 0 spiro atoms. The van der Waals surface area contributed by atoms with Crippen molar-refractivity contribution < 1.29 is 9.50 Å². The molecule has 0 amide bonds. The van der Waals surface area contributed by atoms with E-state index in [4.69, 9.17) is 5.73 Å². The largest absolute Gasteiger partial charge is 0.397 e. The molecule has 1 saturated heterocycles. The predicted molar refractivity (Wildman–Crippen MR) is 62.6 cm³/mol. The summed E-state index contributed by atoms with van der Waals surface area (Å²) in [5.74, 6) is -0.319. The molecular weight excluding hydrogens is 207 g/mol. The van der Waals surface area contributed by atoms with E-state index >= 15 is 0 Å². The fourth-order valence-corrected chi connectivity index (χ4v) is 2.14. The second-order valence-corrected chi connectivity index (χ2v) is 4.23. The molecule has 1 aliphatic heterocycles. The quantitative estimate of drug-likeness (QED) is 0.718. The van der Waals surface area contributed by atoms with Gasteiger partial charge in [-0.25, -0.2) is 4.39 Å². The number of nitrogens with zero attached hydrogens (tertiary/aromatic N) is 1. The molecule has 3 nitrogen and oxygen atoms in total. The summed E-state index contributed by atoms with van der Waals surface area (Å²) < 4.78 is 13.2. The molecule has 1 unspecified atom stereocenters. The van der Waals surface area contributed by atoms with Gasteiger partial charge in [-0.1, -0.05) is 6.42 Å². The first-order chi connectivity index (χ1) is 7.68. The molecule has 16 heavy (non-hydrogen) atoms. The fraction of sp³-hybridized carbons (Fsp3) is 0.500. The molecule has 0 saturated carbocycles. The number of nitrogen functional groups attached to an aromatic ring is 1. The van der Waals surface area contributed by atoms with Crippen LogP contribution in [0.15, 0.2) is 18.2 Å². The smallest absolute Gasteiger partial charge is 0.126 e. The van der Waals surface area contributed by atoms with Gasteiger partial charge in [-0.3, -0.25) is 0 Å². The van der Waals surface area contributed by atoms with Crippen LogP contribution in [0.4, 0.5) is 15.8 Å². The van der Waals surface area contributed by atoms with E-state index in [2.05, 4.69) is 0 Å². The van der Waals surface area contributed by atoms with Crippen molar-refractivity contribution in [3.8, 4) is 0 Å². The van der Waals surface area contributed by atoms with Gasteiger partial charge in [-0.2, -0.15) is 0 Å². The summed E-state index contributed by atoms with van der Waals surface area (Å²) in [6, 6.07) is 4.27. The van der Waals surface area contributed by atoms with Gasteiger partial charge in [0, 0.05) is 6.54 Å². The first-order valence-corrected chi connectivity index (χ1v) is 5.68. The van der Waals surface area contributed by atoms with Gasteiger partial charge in [0.2, 0.25) is 0 Å².